The molecule has 0 aliphatic heterocycles. The molecule has 5 rings (SSSR count). The third kappa shape index (κ3) is 3.69. The van der Waals surface area contributed by atoms with Gasteiger partial charge in [-0.05, 0) is 36.4 Å². The molecule has 0 saturated carbocycles. The Hall–Kier alpha value is -4.22. The van der Waals surface area contributed by atoms with Crippen LogP contribution in [0.3, 0.4) is 0 Å². The van der Waals surface area contributed by atoms with E-state index in [9.17, 15) is 14.4 Å². The van der Waals surface area contributed by atoms with Crippen LogP contribution in [0.2, 0.25) is 5.02 Å². The van der Waals surface area contributed by atoms with Gasteiger partial charge in [-0.25, -0.2) is 0 Å². The normalized spacial score (nSPS) is 12.0. The fraction of sp³-hybridized carbons (Fsp3) is 0. The summed E-state index contributed by atoms with van der Waals surface area (Å²) in [7, 11) is 0. The van der Waals surface area contributed by atoms with Crippen LogP contribution in [0.5, 0.6) is 0 Å². The van der Waals surface area contributed by atoms with Gasteiger partial charge >= 0.3 is 0 Å². The minimum atomic E-state index is -0.372. The molecule has 0 bridgehead atoms. The molecule has 1 aliphatic rings. The molecular formula is C27H17ClN2O3. The lowest BCUT2D eigenvalue weighted by molar-refractivity contribution is 0.0979. The predicted octanol–water partition coefficient (Wildman–Crippen LogP) is 6.11. The molecule has 0 saturated heterocycles. The molecule has 0 radical (unpaired) electrons. The predicted molar refractivity (Wildman–Crippen MR) is 129 cm³/mol. The molecular weight excluding hydrogens is 436 g/mol. The number of carbonyl (C=O) groups excluding carboxylic acids is 3. The van der Waals surface area contributed by atoms with Crippen molar-refractivity contribution in [3.05, 3.63) is 124 Å². The first-order valence-corrected chi connectivity index (χ1v) is 10.7. The number of benzene rings is 4. The van der Waals surface area contributed by atoms with Gasteiger partial charge in [-0.1, -0.05) is 66.2 Å². The average Bonchev–Trinajstić information content (AvgIpc) is 2.85. The molecule has 0 heterocycles. The van der Waals surface area contributed by atoms with Crippen molar-refractivity contribution >= 4 is 46.1 Å². The number of fused-ring (bicyclic) bond motifs is 2. The quantitative estimate of drug-likeness (QED) is 0.345. The SMILES string of the molecule is O=C(Nc1ccc(Nc2ccccc2Cl)c2c1C(=O)c1ccccc1C2=O)c1ccccc1. The van der Waals surface area contributed by atoms with Gasteiger partial charge in [0.05, 0.1) is 33.2 Å². The molecule has 0 unspecified atom stereocenters. The van der Waals surface area contributed by atoms with Gasteiger partial charge in [0, 0.05) is 16.7 Å². The molecule has 1 amide bonds. The fourth-order valence-corrected chi connectivity index (χ4v) is 4.11. The lowest BCUT2D eigenvalue weighted by atomic mass is 9.82. The monoisotopic (exact) mass is 452 g/mol. The van der Waals surface area contributed by atoms with Gasteiger partial charge in [0.1, 0.15) is 0 Å². The molecule has 0 spiro atoms. The number of para-hydroxylation sites is 1. The molecule has 2 N–H and O–H groups in total. The van der Waals surface area contributed by atoms with E-state index in [2.05, 4.69) is 10.6 Å². The minimum Gasteiger partial charge on any atom is -0.354 e. The van der Waals surface area contributed by atoms with E-state index >= 15 is 0 Å². The average molecular weight is 453 g/mol. The molecule has 4 aromatic rings. The number of carbonyl (C=O) groups is 3. The maximum atomic E-state index is 13.5. The largest absolute Gasteiger partial charge is 0.354 e. The Balaban J connectivity index is 1.65. The lowest BCUT2D eigenvalue weighted by Gasteiger charge is -2.24. The summed E-state index contributed by atoms with van der Waals surface area (Å²) in [6.07, 6.45) is 0. The third-order valence-corrected chi connectivity index (χ3v) is 5.83. The van der Waals surface area contributed by atoms with Crippen LogP contribution in [0.25, 0.3) is 0 Å². The summed E-state index contributed by atoms with van der Waals surface area (Å²) >= 11 is 6.30. The Morgan fingerprint density at radius 2 is 1.15 bits per heavy atom. The molecule has 33 heavy (non-hydrogen) atoms. The van der Waals surface area contributed by atoms with Gasteiger partial charge in [0.15, 0.2) is 11.6 Å². The number of hydrogen-bond donors (Lipinski definition) is 2. The molecule has 0 aromatic heterocycles. The van der Waals surface area contributed by atoms with Gasteiger partial charge in [0.2, 0.25) is 0 Å². The number of ketones is 2. The van der Waals surface area contributed by atoms with E-state index in [0.717, 1.165) is 0 Å². The standard InChI is InChI=1S/C27H17ClN2O3/c28-19-12-6-7-13-20(19)29-21-14-15-22(30-27(33)16-8-2-1-3-9-16)24-23(21)25(31)17-10-4-5-11-18(17)26(24)32/h1-15,29H,(H,30,33). The number of halogens is 1. The first-order valence-electron chi connectivity index (χ1n) is 10.3. The Morgan fingerprint density at radius 3 is 1.82 bits per heavy atom. The van der Waals surface area contributed by atoms with Crippen LogP contribution in [-0.4, -0.2) is 17.5 Å². The smallest absolute Gasteiger partial charge is 0.255 e. The number of anilines is 3. The summed E-state index contributed by atoms with van der Waals surface area (Å²) in [6, 6.07) is 25.8. The second-order valence-corrected chi connectivity index (χ2v) is 7.95. The highest BCUT2D eigenvalue weighted by molar-refractivity contribution is 6.34. The van der Waals surface area contributed by atoms with E-state index in [1.165, 1.54) is 0 Å². The highest BCUT2D eigenvalue weighted by atomic mass is 35.5. The molecule has 160 valence electrons. The van der Waals surface area contributed by atoms with E-state index in [1.54, 1.807) is 78.9 Å². The van der Waals surface area contributed by atoms with Crippen molar-refractivity contribution in [2.45, 2.75) is 0 Å². The maximum absolute atomic E-state index is 13.5. The van der Waals surface area contributed by atoms with E-state index in [-0.39, 0.29) is 34.3 Å². The summed E-state index contributed by atoms with van der Waals surface area (Å²) in [5.74, 6) is -0.999. The summed E-state index contributed by atoms with van der Waals surface area (Å²) in [6.45, 7) is 0. The van der Waals surface area contributed by atoms with Crippen molar-refractivity contribution in [1.29, 1.82) is 0 Å². The summed E-state index contributed by atoms with van der Waals surface area (Å²) < 4.78 is 0. The van der Waals surface area contributed by atoms with E-state index in [0.29, 0.717) is 33.1 Å². The zero-order chi connectivity index (χ0) is 22.9. The number of nitrogens with one attached hydrogen (secondary N) is 2. The lowest BCUT2D eigenvalue weighted by Crippen LogP contribution is -2.25. The Morgan fingerprint density at radius 1 is 0.606 bits per heavy atom. The summed E-state index contributed by atoms with van der Waals surface area (Å²) in [5, 5.41) is 6.46. The Bertz CT molecular complexity index is 1430. The Labute approximate surface area is 195 Å². The van der Waals surface area contributed by atoms with Gasteiger partial charge in [0.25, 0.3) is 5.91 Å². The molecule has 1 aliphatic carbocycles. The number of rotatable bonds is 4. The highest BCUT2D eigenvalue weighted by Gasteiger charge is 2.34. The van der Waals surface area contributed by atoms with E-state index in [1.807, 2.05) is 12.1 Å². The zero-order valence-electron chi connectivity index (χ0n) is 17.3. The highest BCUT2D eigenvalue weighted by Crippen LogP contribution is 2.38. The molecule has 4 aromatic carbocycles. The molecule has 0 atom stereocenters. The van der Waals surface area contributed by atoms with Crippen LogP contribution >= 0.6 is 11.6 Å². The third-order valence-electron chi connectivity index (χ3n) is 5.50. The van der Waals surface area contributed by atoms with Crippen molar-refractivity contribution in [2.75, 3.05) is 10.6 Å². The number of amides is 1. The van der Waals surface area contributed by atoms with Crippen LogP contribution in [0.15, 0.2) is 91.0 Å². The molecule has 0 fully saturated rings. The second-order valence-electron chi connectivity index (χ2n) is 7.54. The van der Waals surface area contributed by atoms with Gasteiger partial charge in [-0.3, -0.25) is 14.4 Å². The summed E-state index contributed by atoms with van der Waals surface area (Å²) in [4.78, 5) is 39.8. The van der Waals surface area contributed by atoms with Crippen molar-refractivity contribution < 1.29 is 14.4 Å². The van der Waals surface area contributed by atoms with Crippen molar-refractivity contribution in [3.8, 4) is 0 Å². The number of hydrogen-bond acceptors (Lipinski definition) is 4. The fourth-order valence-electron chi connectivity index (χ4n) is 3.92. The van der Waals surface area contributed by atoms with Crippen LogP contribution in [-0.2, 0) is 0 Å². The first kappa shape index (κ1) is 20.7. The zero-order valence-corrected chi connectivity index (χ0v) is 18.0. The topological polar surface area (TPSA) is 75.3 Å². The second kappa shape index (κ2) is 8.37. The Kier molecular flexibility index (Phi) is 5.24. The molecule has 6 heteroatoms. The van der Waals surface area contributed by atoms with Gasteiger partial charge < -0.3 is 10.6 Å². The van der Waals surface area contributed by atoms with Crippen molar-refractivity contribution in [1.82, 2.24) is 0 Å². The minimum absolute atomic E-state index is 0.153. The van der Waals surface area contributed by atoms with Crippen LogP contribution in [0.1, 0.15) is 42.2 Å². The van der Waals surface area contributed by atoms with Gasteiger partial charge in [-0.2, -0.15) is 0 Å². The van der Waals surface area contributed by atoms with Crippen LogP contribution in [0.4, 0.5) is 17.1 Å². The van der Waals surface area contributed by atoms with Crippen LogP contribution in [0, 0.1) is 0 Å². The first-order chi connectivity index (χ1) is 16.0. The van der Waals surface area contributed by atoms with Crippen molar-refractivity contribution in [2.24, 2.45) is 0 Å². The van der Waals surface area contributed by atoms with E-state index in [4.69, 9.17) is 11.6 Å². The van der Waals surface area contributed by atoms with Gasteiger partial charge in [-0.15, -0.1) is 0 Å². The maximum Gasteiger partial charge on any atom is 0.255 e. The van der Waals surface area contributed by atoms with Crippen molar-refractivity contribution in [3.63, 3.8) is 0 Å². The molecule has 5 nitrogen and oxygen atoms in total. The van der Waals surface area contributed by atoms with Crippen LogP contribution < -0.4 is 10.6 Å². The summed E-state index contributed by atoms with van der Waals surface area (Å²) in [5.41, 5.74) is 2.73. The van der Waals surface area contributed by atoms with E-state index < -0.39 is 0 Å².